The number of aromatic nitrogens is 2. The van der Waals surface area contributed by atoms with Gasteiger partial charge >= 0.3 is 0 Å². The Kier molecular flexibility index (Phi) is 6.83. The Hall–Kier alpha value is -2.22. The zero-order valence-corrected chi connectivity index (χ0v) is 17.5. The van der Waals surface area contributed by atoms with Crippen LogP contribution in [0.4, 0.5) is 5.69 Å². The highest BCUT2D eigenvalue weighted by Crippen LogP contribution is 2.22. The van der Waals surface area contributed by atoms with Crippen LogP contribution in [-0.4, -0.2) is 27.5 Å². The predicted octanol–water partition coefficient (Wildman–Crippen LogP) is 4.69. The van der Waals surface area contributed by atoms with Crippen molar-refractivity contribution in [2.24, 2.45) is 0 Å². The van der Waals surface area contributed by atoms with Crippen molar-refractivity contribution in [2.75, 3.05) is 17.3 Å². The minimum atomic E-state index is -0.183. The van der Waals surface area contributed by atoms with Crippen molar-refractivity contribution in [3.63, 3.8) is 0 Å². The summed E-state index contributed by atoms with van der Waals surface area (Å²) in [5, 5.41) is 4.30. The molecule has 0 aliphatic carbocycles. The van der Waals surface area contributed by atoms with Crippen LogP contribution in [0.1, 0.15) is 0 Å². The van der Waals surface area contributed by atoms with E-state index in [1.54, 1.807) is 36.0 Å². The van der Waals surface area contributed by atoms with Crippen LogP contribution in [0.2, 0.25) is 5.02 Å². The zero-order chi connectivity index (χ0) is 20.1. The Bertz CT molecular complexity index is 1100. The number of anilines is 1. The lowest BCUT2D eigenvalue weighted by Gasteiger charge is -2.12. The molecular weight excluding hydrogens is 414 g/mol. The van der Waals surface area contributed by atoms with Crippen LogP contribution >= 0.6 is 35.1 Å². The SMILES string of the molecule is C=CCn1c(SCC(=O)Nc2cccc(SC)c2)nc2cc(Cl)ccc2c1=O. The standard InChI is InChI=1S/C20H18ClN3O2S2/c1-3-9-24-19(26)16-8-7-13(21)10-17(16)23-20(24)28-12-18(25)22-14-5-4-6-15(11-14)27-2/h3-8,10-11H,1,9,12H2,2H3,(H,22,25). The lowest BCUT2D eigenvalue weighted by Crippen LogP contribution is -2.23. The maximum absolute atomic E-state index is 12.8. The van der Waals surface area contributed by atoms with Crippen LogP contribution < -0.4 is 10.9 Å². The van der Waals surface area contributed by atoms with Crippen molar-refractivity contribution >= 4 is 57.6 Å². The second-order valence-corrected chi connectivity index (χ2v) is 8.09. The molecular formula is C20H18ClN3O2S2. The molecule has 1 amide bonds. The number of hydrogen-bond acceptors (Lipinski definition) is 5. The van der Waals surface area contributed by atoms with Gasteiger partial charge in [-0.2, -0.15) is 0 Å². The molecule has 1 N–H and O–H groups in total. The molecule has 0 radical (unpaired) electrons. The van der Waals surface area contributed by atoms with Gasteiger partial charge in [-0.05, 0) is 42.7 Å². The number of carbonyl (C=O) groups is 1. The molecule has 3 rings (SSSR count). The van der Waals surface area contributed by atoms with E-state index < -0.39 is 0 Å². The van der Waals surface area contributed by atoms with Crippen LogP contribution in [0.25, 0.3) is 10.9 Å². The summed E-state index contributed by atoms with van der Waals surface area (Å²) in [6.07, 6.45) is 3.61. The van der Waals surface area contributed by atoms with Crippen molar-refractivity contribution in [3.05, 3.63) is 70.5 Å². The Morgan fingerprint density at radius 3 is 2.89 bits per heavy atom. The number of halogens is 1. The maximum atomic E-state index is 12.8. The first-order valence-corrected chi connectivity index (χ1v) is 11.0. The van der Waals surface area contributed by atoms with E-state index in [2.05, 4.69) is 16.9 Å². The van der Waals surface area contributed by atoms with Crippen LogP contribution in [0.15, 0.2) is 70.0 Å². The number of nitrogens with zero attached hydrogens (tertiary/aromatic N) is 2. The van der Waals surface area contributed by atoms with Crippen LogP contribution in [-0.2, 0) is 11.3 Å². The average molecular weight is 432 g/mol. The average Bonchev–Trinajstić information content (AvgIpc) is 2.68. The molecule has 0 saturated carbocycles. The molecule has 1 aromatic heterocycles. The molecule has 0 aliphatic rings. The van der Waals surface area contributed by atoms with Gasteiger partial charge in [0.2, 0.25) is 5.91 Å². The van der Waals surface area contributed by atoms with E-state index in [9.17, 15) is 9.59 Å². The van der Waals surface area contributed by atoms with Gasteiger partial charge in [-0.25, -0.2) is 4.98 Å². The van der Waals surface area contributed by atoms with Gasteiger partial charge in [0, 0.05) is 22.2 Å². The quantitative estimate of drug-likeness (QED) is 0.334. The minimum absolute atomic E-state index is 0.124. The summed E-state index contributed by atoms with van der Waals surface area (Å²) < 4.78 is 1.51. The molecule has 2 aromatic carbocycles. The summed E-state index contributed by atoms with van der Waals surface area (Å²) in [5.74, 6) is -0.0482. The molecule has 3 aromatic rings. The van der Waals surface area contributed by atoms with E-state index in [-0.39, 0.29) is 17.2 Å². The number of hydrogen-bond donors (Lipinski definition) is 1. The Balaban J connectivity index is 1.82. The topological polar surface area (TPSA) is 64.0 Å². The molecule has 0 saturated heterocycles. The second-order valence-electron chi connectivity index (χ2n) is 5.83. The van der Waals surface area contributed by atoms with Gasteiger partial charge in [-0.3, -0.25) is 14.2 Å². The molecule has 5 nitrogen and oxygen atoms in total. The van der Waals surface area contributed by atoms with Crippen molar-refractivity contribution in [2.45, 2.75) is 16.6 Å². The predicted molar refractivity (Wildman–Crippen MR) is 119 cm³/mol. The summed E-state index contributed by atoms with van der Waals surface area (Å²) in [5.41, 5.74) is 1.06. The Labute approximate surface area is 176 Å². The van der Waals surface area contributed by atoms with Crippen molar-refractivity contribution < 1.29 is 4.79 Å². The van der Waals surface area contributed by atoms with Crippen molar-refractivity contribution in [1.82, 2.24) is 9.55 Å². The Morgan fingerprint density at radius 2 is 2.14 bits per heavy atom. The number of fused-ring (bicyclic) bond motifs is 1. The number of carbonyl (C=O) groups excluding carboxylic acids is 1. The maximum Gasteiger partial charge on any atom is 0.262 e. The fraction of sp³-hybridized carbons (Fsp3) is 0.150. The molecule has 0 bridgehead atoms. The third-order valence-electron chi connectivity index (χ3n) is 3.88. The number of nitrogens with one attached hydrogen (secondary N) is 1. The molecule has 0 spiro atoms. The van der Waals surface area contributed by atoms with E-state index in [1.807, 2.05) is 30.5 Å². The number of allylic oxidation sites excluding steroid dienone is 1. The smallest absolute Gasteiger partial charge is 0.262 e. The van der Waals surface area contributed by atoms with E-state index >= 15 is 0 Å². The van der Waals surface area contributed by atoms with Gasteiger partial charge in [0.1, 0.15) is 0 Å². The summed E-state index contributed by atoms with van der Waals surface area (Å²) in [7, 11) is 0. The highest BCUT2D eigenvalue weighted by Gasteiger charge is 2.13. The van der Waals surface area contributed by atoms with Gasteiger partial charge in [0.05, 0.1) is 16.7 Å². The minimum Gasteiger partial charge on any atom is -0.325 e. The molecule has 0 fully saturated rings. The summed E-state index contributed by atoms with van der Waals surface area (Å²) >= 11 is 8.84. The van der Waals surface area contributed by atoms with Gasteiger partial charge in [-0.15, -0.1) is 18.3 Å². The van der Waals surface area contributed by atoms with Crippen LogP contribution in [0.5, 0.6) is 0 Å². The number of benzene rings is 2. The first kappa shape index (κ1) is 20.5. The lowest BCUT2D eigenvalue weighted by molar-refractivity contribution is -0.113. The fourth-order valence-electron chi connectivity index (χ4n) is 2.60. The molecule has 144 valence electrons. The number of amides is 1. The molecule has 8 heteroatoms. The van der Waals surface area contributed by atoms with E-state index in [1.165, 1.54) is 16.3 Å². The molecule has 0 atom stereocenters. The Morgan fingerprint density at radius 1 is 1.32 bits per heavy atom. The second kappa shape index (κ2) is 9.32. The summed E-state index contributed by atoms with van der Waals surface area (Å²) in [4.78, 5) is 30.7. The molecule has 28 heavy (non-hydrogen) atoms. The van der Waals surface area contributed by atoms with Crippen LogP contribution in [0.3, 0.4) is 0 Å². The summed E-state index contributed by atoms with van der Waals surface area (Å²) in [6, 6.07) is 12.6. The largest absolute Gasteiger partial charge is 0.325 e. The van der Waals surface area contributed by atoms with Gasteiger partial charge in [0.15, 0.2) is 5.16 Å². The number of rotatable bonds is 7. The summed E-state index contributed by atoms with van der Waals surface area (Å²) in [6.45, 7) is 4.01. The first-order chi connectivity index (χ1) is 13.5. The van der Waals surface area contributed by atoms with Gasteiger partial charge < -0.3 is 5.32 Å². The van der Waals surface area contributed by atoms with Crippen LogP contribution in [0, 0.1) is 0 Å². The lowest BCUT2D eigenvalue weighted by atomic mass is 10.2. The van der Waals surface area contributed by atoms with E-state index in [4.69, 9.17) is 11.6 Å². The first-order valence-electron chi connectivity index (χ1n) is 8.39. The molecule has 1 heterocycles. The third kappa shape index (κ3) is 4.79. The molecule has 0 unspecified atom stereocenters. The third-order valence-corrected chi connectivity index (χ3v) is 5.82. The van der Waals surface area contributed by atoms with E-state index in [0.29, 0.717) is 27.6 Å². The normalized spacial score (nSPS) is 10.8. The monoisotopic (exact) mass is 431 g/mol. The highest BCUT2D eigenvalue weighted by molar-refractivity contribution is 7.99. The zero-order valence-electron chi connectivity index (χ0n) is 15.1. The van der Waals surface area contributed by atoms with E-state index in [0.717, 1.165) is 10.6 Å². The van der Waals surface area contributed by atoms with Crippen molar-refractivity contribution in [1.29, 1.82) is 0 Å². The highest BCUT2D eigenvalue weighted by atomic mass is 35.5. The van der Waals surface area contributed by atoms with Gasteiger partial charge in [-0.1, -0.05) is 35.5 Å². The fourth-order valence-corrected chi connectivity index (χ4v) is 4.04. The number of thioether (sulfide) groups is 2. The van der Waals surface area contributed by atoms with Crippen molar-refractivity contribution in [3.8, 4) is 0 Å². The van der Waals surface area contributed by atoms with Gasteiger partial charge in [0.25, 0.3) is 5.56 Å². The molecule has 0 aliphatic heterocycles.